The van der Waals surface area contributed by atoms with Crippen molar-refractivity contribution in [1.82, 2.24) is 0 Å². The predicted octanol–water partition coefficient (Wildman–Crippen LogP) is 4.55. The average Bonchev–Trinajstić information content (AvgIpc) is 2.51. The average molecular weight is 317 g/mol. The van der Waals surface area contributed by atoms with E-state index in [-0.39, 0.29) is 11.4 Å². The third kappa shape index (κ3) is 4.16. The molecule has 2 aromatic rings. The second kappa shape index (κ2) is 7.54. The van der Waals surface area contributed by atoms with Crippen LogP contribution in [0.3, 0.4) is 0 Å². The first-order chi connectivity index (χ1) is 11.0. The van der Waals surface area contributed by atoms with E-state index in [1.165, 1.54) is 12.3 Å². The van der Waals surface area contributed by atoms with Gasteiger partial charge in [-0.3, -0.25) is 4.99 Å². The minimum Gasteiger partial charge on any atom is -0.504 e. The molecule has 0 aliphatic heterocycles. The highest BCUT2D eigenvalue weighted by molar-refractivity contribution is 5.83. The van der Waals surface area contributed by atoms with Crippen molar-refractivity contribution in [3.63, 3.8) is 0 Å². The van der Waals surface area contributed by atoms with Crippen LogP contribution in [0.1, 0.15) is 18.1 Å². The summed E-state index contributed by atoms with van der Waals surface area (Å²) >= 11 is 0. The third-order valence-electron chi connectivity index (χ3n) is 3.10. The number of halogens is 2. The van der Waals surface area contributed by atoms with Crippen LogP contribution in [0.4, 0.5) is 14.5 Å². The van der Waals surface area contributed by atoms with Gasteiger partial charge in [0.15, 0.2) is 17.3 Å². The second-order valence-electron chi connectivity index (χ2n) is 4.81. The number of hydrogen-bond donors (Lipinski definition) is 1. The molecule has 0 aliphatic carbocycles. The maximum Gasteiger partial charge on any atom is 0.161 e. The molecule has 0 aromatic heterocycles. The molecule has 5 heteroatoms. The van der Waals surface area contributed by atoms with Crippen molar-refractivity contribution in [2.24, 2.45) is 4.99 Å². The Morgan fingerprint density at radius 1 is 1.26 bits per heavy atom. The van der Waals surface area contributed by atoms with Gasteiger partial charge in [0, 0.05) is 17.8 Å². The molecule has 120 valence electrons. The minimum absolute atomic E-state index is 0.0303. The van der Waals surface area contributed by atoms with Gasteiger partial charge in [0.05, 0.1) is 12.3 Å². The first-order valence-corrected chi connectivity index (χ1v) is 7.13. The number of allylic oxidation sites excluding steroid dienone is 1. The number of ether oxygens (including phenoxy) is 1. The maximum absolute atomic E-state index is 13.6. The highest BCUT2D eigenvalue weighted by atomic mass is 19.1. The van der Waals surface area contributed by atoms with E-state index in [0.29, 0.717) is 29.9 Å². The number of phenolic OH excluding ortho intramolecular Hbond substituents is 1. The van der Waals surface area contributed by atoms with E-state index >= 15 is 0 Å². The molecule has 0 heterocycles. The molecule has 0 saturated heterocycles. The molecule has 0 spiro atoms. The molecule has 0 aliphatic rings. The van der Waals surface area contributed by atoms with Crippen molar-refractivity contribution in [2.45, 2.75) is 13.3 Å². The van der Waals surface area contributed by atoms with Gasteiger partial charge in [-0.05, 0) is 43.2 Å². The van der Waals surface area contributed by atoms with Crippen LogP contribution in [0, 0.1) is 11.6 Å². The van der Waals surface area contributed by atoms with Gasteiger partial charge in [-0.25, -0.2) is 8.78 Å². The van der Waals surface area contributed by atoms with Crippen LogP contribution in [0.25, 0.3) is 0 Å². The Labute approximate surface area is 133 Å². The van der Waals surface area contributed by atoms with Gasteiger partial charge in [0.2, 0.25) is 0 Å². The lowest BCUT2D eigenvalue weighted by atomic mass is 10.1. The molecule has 3 nitrogen and oxygen atoms in total. The van der Waals surface area contributed by atoms with Gasteiger partial charge in [-0.15, -0.1) is 6.58 Å². The number of rotatable bonds is 6. The van der Waals surface area contributed by atoms with E-state index in [1.54, 1.807) is 25.1 Å². The highest BCUT2D eigenvalue weighted by Crippen LogP contribution is 2.32. The molecule has 2 aromatic carbocycles. The number of hydrogen-bond acceptors (Lipinski definition) is 3. The zero-order valence-corrected chi connectivity index (χ0v) is 12.7. The van der Waals surface area contributed by atoms with Gasteiger partial charge in [0.1, 0.15) is 5.82 Å². The lowest BCUT2D eigenvalue weighted by Gasteiger charge is -2.10. The normalized spacial score (nSPS) is 10.9. The summed E-state index contributed by atoms with van der Waals surface area (Å²) in [5.74, 6) is -1.01. The fraction of sp³-hybridized carbons (Fsp3) is 0.167. The van der Waals surface area contributed by atoms with Gasteiger partial charge in [-0.1, -0.05) is 6.08 Å². The fourth-order valence-electron chi connectivity index (χ4n) is 2.07. The summed E-state index contributed by atoms with van der Waals surface area (Å²) in [6, 6.07) is 6.50. The molecular weight excluding hydrogens is 300 g/mol. The Morgan fingerprint density at radius 3 is 2.70 bits per heavy atom. The highest BCUT2D eigenvalue weighted by Gasteiger charge is 2.10. The fourth-order valence-corrected chi connectivity index (χ4v) is 2.07. The summed E-state index contributed by atoms with van der Waals surface area (Å²) in [4.78, 5) is 4.02. The molecule has 23 heavy (non-hydrogen) atoms. The third-order valence-corrected chi connectivity index (χ3v) is 3.10. The largest absolute Gasteiger partial charge is 0.504 e. The van der Waals surface area contributed by atoms with Gasteiger partial charge >= 0.3 is 0 Å². The summed E-state index contributed by atoms with van der Waals surface area (Å²) < 4.78 is 31.9. The Kier molecular flexibility index (Phi) is 5.46. The van der Waals surface area contributed by atoms with Crippen molar-refractivity contribution >= 4 is 11.9 Å². The van der Waals surface area contributed by atoms with Crippen molar-refractivity contribution in [2.75, 3.05) is 6.61 Å². The summed E-state index contributed by atoms with van der Waals surface area (Å²) in [6.45, 7) is 5.85. The van der Waals surface area contributed by atoms with Crippen LogP contribution < -0.4 is 4.74 Å². The van der Waals surface area contributed by atoms with Crippen molar-refractivity contribution in [1.29, 1.82) is 0 Å². The number of benzene rings is 2. The van der Waals surface area contributed by atoms with E-state index in [2.05, 4.69) is 11.6 Å². The van der Waals surface area contributed by atoms with Crippen molar-refractivity contribution < 1.29 is 18.6 Å². The topological polar surface area (TPSA) is 41.8 Å². The van der Waals surface area contributed by atoms with Gasteiger partial charge < -0.3 is 9.84 Å². The molecule has 1 N–H and O–H groups in total. The molecule has 0 saturated carbocycles. The standard InChI is InChI=1S/C18H17F2NO2/c1-3-5-13-8-12(9-17(18(13)22)23-4-2)11-21-16-7-6-14(19)10-15(16)20/h3,6-11,22H,1,4-5H2,2H3. The smallest absolute Gasteiger partial charge is 0.161 e. The lowest BCUT2D eigenvalue weighted by molar-refractivity contribution is 0.317. The van der Waals surface area contributed by atoms with Crippen LogP contribution in [-0.2, 0) is 6.42 Å². The van der Waals surface area contributed by atoms with Crippen LogP contribution >= 0.6 is 0 Å². The van der Waals surface area contributed by atoms with Gasteiger partial charge in [-0.2, -0.15) is 0 Å². The Balaban J connectivity index is 2.38. The number of phenols is 1. The summed E-state index contributed by atoms with van der Waals surface area (Å²) in [5, 5.41) is 10.1. The summed E-state index contributed by atoms with van der Waals surface area (Å²) in [7, 11) is 0. The molecular formula is C18H17F2NO2. The SMILES string of the molecule is C=CCc1cc(C=Nc2ccc(F)cc2F)cc(OCC)c1O. The van der Waals surface area contributed by atoms with Crippen molar-refractivity contribution in [3.05, 3.63) is 65.7 Å². The Hall–Kier alpha value is -2.69. The molecule has 0 unspecified atom stereocenters. The van der Waals surface area contributed by atoms with E-state index in [0.717, 1.165) is 12.1 Å². The Bertz CT molecular complexity index is 742. The van der Waals surface area contributed by atoms with Gasteiger partial charge in [0.25, 0.3) is 0 Å². The molecule has 0 atom stereocenters. The zero-order valence-electron chi connectivity index (χ0n) is 12.7. The van der Waals surface area contributed by atoms with E-state index in [1.807, 2.05) is 0 Å². The van der Waals surface area contributed by atoms with Crippen LogP contribution in [-0.4, -0.2) is 17.9 Å². The predicted molar refractivity (Wildman–Crippen MR) is 86.8 cm³/mol. The molecule has 2 rings (SSSR count). The summed E-state index contributed by atoms with van der Waals surface area (Å²) in [5.41, 5.74) is 1.29. The van der Waals surface area contributed by atoms with Crippen molar-refractivity contribution in [3.8, 4) is 11.5 Å². The number of aromatic hydroxyl groups is 1. The zero-order chi connectivity index (χ0) is 16.8. The second-order valence-corrected chi connectivity index (χ2v) is 4.81. The van der Waals surface area contributed by atoms with Crippen LogP contribution in [0.5, 0.6) is 11.5 Å². The van der Waals surface area contributed by atoms with E-state index in [4.69, 9.17) is 4.74 Å². The van der Waals surface area contributed by atoms with Crippen LogP contribution in [0.15, 0.2) is 48.0 Å². The molecule has 0 bridgehead atoms. The monoisotopic (exact) mass is 317 g/mol. The number of nitrogens with zero attached hydrogens (tertiary/aromatic N) is 1. The minimum atomic E-state index is -0.739. The Morgan fingerprint density at radius 2 is 2.04 bits per heavy atom. The quantitative estimate of drug-likeness (QED) is 0.627. The molecule has 0 amide bonds. The van der Waals surface area contributed by atoms with E-state index < -0.39 is 11.6 Å². The number of aliphatic imine (C=N–C) groups is 1. The molecule has 0 fully saturated rings. The summed E-state index contributed by atoms with van der Waals surface area (Å²) in [6.07, 6.45) is 3.55. The maximum atomic E-state index is 13.6. The van der Waals surface area contributed by atoms with Crippen LogP contribution in [0.2, 0.25) is 0 Å². The van der Waals surface area contributed by atoms with E-state index in [9.17, 15) is 13.9 Å². The lowest BCUT2D eigenvalue weighted by Crippen LogP contribution is -1.96. The first kappa shape index (κ1) is 16.7. The first-order valence-electron chi connectivity index (χ1n) is 7.13. The molecule has 0 radical (unpaired) electrons.